The molecule has 2 heterocycles. The predicted octanol–water partition coefficient (Wildman–Crippen LogP) is 2.72. The van der Waals surface area contributed by atoms with E-state index in [1.54, 1.807) is 36.4 Å². The van der Waals surface area contributed by atoms with Crippen LogP contribution in [0.15, 0.2) is 53.4 Å². The van der Waals surface area contributed by atoms with Crippen LogP contribution in [0.4, 0.5) is 0 Å². The molecule has 1 fully saturated rings. The highest BCUT2D eigenvalue weighted by Gasteiger charge is 2.34. The maximum Gasteiger partial charge on any atom is 0.240 e. The summed E-state index contributed by atoms with van der Waals surface area (Å²) in [5.41, 5.74) is 2.22. The molecule has 5 rings (SSSR count). The summed E-state index contributed by atoms with van der Waals surface area (Å²) < 4.78 is 28.0. The summed E-state index contributed by atoms with van der Waals surface area (Å²) in [6.45, 7) is 3.04. The van der Waals surface area contributed by atoms with Crippen molar-refractivity contribution in [2.45, 2.75) is 17.7 Å². The number of rotatable bonds is 6. The number of benzene rings is 2. The third-order valence-electron chi connectivity index (χ3n) is 6.27. The second-order valence-electron chi connectivity index (χ2n) is 8.32. The van der Waals surface area contributed by atoms with Crippen LogP contribution in [0.3, 0.4) is 0 Å². The zero-order chi connectivity index (χ0) is 23.2. The molecule has 170 valence electrons. The first-order valence-electron chi connectivity index (χ1n) is 10.9. The molecule has 0 bridgehead atoms. The molecule has 0 atom stereocenters. The highest BCUT2D eigenvalue weighted by molar-refractivity contribution is 7.89. The molecule has 0 unspecified atom stereocenters. The molecule has 8 nitrogen and oxygen atoms in total. The molecule has 1 aliphatic heterocycles. The largest absolute Gasteiger partial charge is 0.494 e. The van der Waals surface area contributed by atoms with E-state index >= 15 is 0 Å². The van der Waals surface area contributed by atoms with Crippen LogP contribution in [-0.2, 0) is 10.0 Å². The molecule has 3 aromatic rings. The van der Waals surface area contributed by atoms with Crippen molar-refractivity contribution in [2.24, 2.45) is 0 Å². The minimum atomic E-state index is -3.66. The van der Waals surface area contributed by atoms with Crippen molar-refractivity contribution in [3.63, 3.8) is 0 Å². The Balaban J connectivity index is 1.41. The van der Waals surface area contributed by atoms with Crippen LogP contribution in [0.5, 0.6) is 5.88 Å². The van der Waals surface area contributed by atoms with Gasteiger partial charge in [0, 0.05) is 24.2 Å². The van der Waals surface area contributed by atoms with Crippen LogP contribution in [-0.4, -0.2) is 61.1 Å². The van der Waals surface area contributed by atoms with E-state index < -0.39 is 10.0 Å². The van der Waals surface area contributed by atoms with Crippen LogP contribution in [0.1, 0.15) is 39.9 Å². The number of carbonyl (C=O) groups excluding carboxylic acids is 1. The number of H-pyrrole nitrogens is 1. The number of fused-ring (bicyclic) bond motifs is 2. The Hall–Kier alpha value is -3.27. The number of nitrogens with one attached hydrogen (secondary N) is 3. The molecule has 33 heavy (non-hydrogen) atoms. The van der Waals surface area contributed by atoms with Crippen LogP contribution in [0.2, 0.25) is 0 Å². The van der Waals surface area contributed by atoms with Gasteiger partial charge in [-0.1, -0.05) is 36.4 Å². The van der Waals surface area contributed by atoms with Gasteiger partial charge in [0.05, 0.1) is 27.4 Å². The van der Waals surface area contributed by atoms with Gasteiger partial charge >= 0.3 is 0 Å². The Morgan fingerprint density at radius 1 is 1.00 bits per heavy atom. The first kappa shape index (κ1) is 21.6. The Labute approximate surface area is 191 Å². The van der Waals surface area contributed by atoms with Crippen molar-refractivity contribution in [3.05, 3.63) is 70.8 Å². The number of likely N-dealkylation sites (tertiary alicyclic amines) is 1. The quantitative estimate of drug-likeness (QED) is 0.349. The van der Waals surface area contributed by atoms with E-state index in [0.717, 1.165) is 25.9 Å². The van der Waals surface area contributed by atoms with Crippen molar-refractivity contribution in [1.29, 1.82) is 5.41 Å². The molecule has 0 amide bonds. The van der Waals surface area contributed by atoms with Gasteiger partial charge in [-0.2, -0.15) is 0 Å². The van der Waals surface area contributed by atoms with E-state index in [2.05, 4.69) is 14.6 Å². The predicted molar refractivity (Wildman–Crippen MR) is 125 cm³/mol. The summed E-state index contributed by atoms with van der Waals surface area (Å²) in [6.07, 6.45) is 2.31. The van der Waals surface area contributed by atoms with Crippen LogP contribution < -0.4 is 4.72 Å². The zero-order valence-electron chi connectivity index (χ0n) is 17.9. The molecule has 0 spiro atoms. The Kier molecular flexibility index (Phi) is 5.40. The maximum atomic E-state index is 13.2. The van der Waals surface area contributed by atoms with E-state index in [-0.39, 0.29) is 33.4 Å². The normalized spacial score (nSPS) is 16.1. The van der Waals surface area contributed by atoms with Gasteiger partial charge in [0.25, 0.3) is 0 Å². The third-order valence-corrected chi connectivity index (χ3v) is 7.75. The number of ketones is 1. The number of carbonyl (C=O) groups is 1. The molecule has 4 N–H and O–H groups in total. The molecule has 2 aromatic carbocycles. The van der Waals surface area contributed by atoms with Gasteiger partial charge in [0.2, 0.25) is 10.0 Å². The molecule has 2 aliphatic rings. The topological polar surface area (TPSA) is 126 Å². The van der Waals surface area contributed by atoms with Crippen LogP contribution in [0.25, 0.3) is 11.3 Å². The lowest BCUT2D eigenvalue weighted by Gasteiger charge is -2.17. The molecule has 1 aliphatic carbocycles. The summed E-state index contributed by atoms with van der Waals surface area (Å²) in [5.74, 6) is -0.545. The minimum absolute atomic E-state index is 0.0709. The Morgan fingerprint density at radius 2 is 1.67 bits per heavy atom. The molecule has 0 saturated carbocycles. The SMILES string of the molecule is N=C1c2ccccc2C(=O)c2c(-c3ccc(S(=O)(=O)NCCN4CCCC4)cc3)[nH]c(O)c21. The summed E-state index contributed by atoms with van der Waals surface area (Å²) in [7, 11) is -3.66. The second kappa shape index (κ2) is 8.26. The number of aromatic nitrogens is 1. The average molecular weight is 465 g/mol. The van der Waals surface area contributed by atoms with E-state index in [9.17, 15) is 18.3 Å². The van der Waals surface area contributed by atoms with Gasteiger partial charge in [-0.25, -0.2) is 13.1 Å². The highest BCUT2D eigenvalue weighted by atomic mass is 32.2. The van der Waals surface area contributed by atoms with Crippen molar-refractivity contribution < 1.29 is 18.3 Å². The van der Waals surface area contributed by atoms with Crippen molar-refractivity contribution in [3.8, 4) is 17.1 Å². The standard InChI is InChI=1S/C24H24N4O4S/c25-21-17-5-1-2-6-18(17)23(29)20-19(21)24(30)27-22(20)15-7-9-16(10-8-15)33(31,32)26-11-14-28-12-3-4-13-28/h1-2,5-10,25-27,30H,3-4,11-14H2. The van der Waals surface area contributed by atoms with Crippen LogP contribution in [0, 0.1) is 5.41 Å². The Bertz CT molecular complexity index is 1350. The summed E-state index contributed by atoms with van der Waals surface area (Å²) in [5, 5.41) is 18.9. The monoisotopic (exact) mass is 464 g/mol. The van der Waals surface area contributed by atoms with Gasteiger partial charge in [-0.05, 0) is 43.6 Å². The number of hydrogen-bond donors (Lipinski definition) is 4. The van der Waals surface area contributed by atoms with E-state index in [0.29, 0.717) is 35.5 Å². The Morgan fingerprint density at radius 3 is 2.36 bits per heavy atom. The number of aromatic amines is 1. The zero-order valence-corrected chi connectivity index (χ0v) is 18.7. The average Bonchev–Trinajstić information content (AvgIpc) is 3.45. The highest BCUT2D eigenvalue weighted by Crippen LogP contribution is 2.39. The lowest BCUT2D eigenvalue weighted by atomic mass is 9.84. The molecule has 1 saturated heterocycles. The van der Waals surface area contributed by atoms with Gasteiger partial charge in [0.1, 0.15) is 0 Å². The van der Waals surface area contributed by atoms with E-state index in [4.69, 9.17) is 5.41 Å². The minimum Gasteiger partial charge on any atom is -0.494 e. The smallest absolute Gasteiger partial charge is 0.240 e. The summed E-state index contributed by atoms with van der Waals surface area (Å²) >= 11 is 0. The summed E-state index contributed by atoms with van der Waals surface area (Å²) in [4.78, 5) is 18.4. The van der Waals surface area contributed by atoms with Crippen molar-refractivity contribution in [2.75, 3.05) is 26.2 Å². The molecule has 0 radical (unpaired) electrons. The van der Waals surface area contributed by atoms with E-state index in [1.807, 2.05) is 0 Å². The van der Waals surface area contributed by atoms with Crippen LogP contribution >= 0.6 is 0 Å². The van der Waals surface area contributed by atoms with Crippen molar-refractivity contribution in [1.82, 2.24) is 14.6 Å². The van der Waals surface area contributed by atoms with Gasteiger partial charge in [-0.15, -0.1) is 0 Å². The number of nitrogens with zero attached hydrogens (tertiary/aromatic N) is 1. The van der Waals surface area contributed by atoms with Gasteiger partial charge < -0.3 is 15.0 Å². The maximum absolute atomic E-state index is 13.2. The first-order valence-corrected chi connectivity index (χ1v) is 12.4. The third kappa shape index (κ3) is 3.78. The fourth-order valence-corrected chi connectivity index (χ4v) is 5.59. The summed E-state index contributed by atoms with van der Waals surface area (Å²) in [6, 6.07) is 13.0. The number of hydrogen-bond acceptors (Lipinski definition) is 6. The lowest BCUT2D eigenvalue weighted by molar-refractivity contribution is 0.103. The fraction of sp³-hybridized carbons (Fsp3) is 0.250. The molecular weight excluding hydrogens is 440 g/mol. The van der Waals surface area contributed by atoms with E-state index in [1.165, 1.54) is 12.1 Å². The second-order valence-corrected chi connectivity index (χ2v) is 10.1. The van der Waals surface area contributed by atoms with Gasteiger partial charge in [-0.3, -0.25) is 10.2 Å². The van der Waals surface area contributed by atoms with Gasteiger partial charge in [0.15, 0.2) is 11.7 Å². The first-order chi connectivity index (χ1) is 15.9. The lowest BCUT2D eigenvalue weighted by Crippen LogP contribution is -2.33. The fourth-order valence-electron chi connectivity index (χ4n) is 4.57. The molecular formula is C24H24N4O4S. The number of sulfonamides is 1. The molecule has 9 heteroatoms. The molecule has 1 aromatic heterocycles. The van der Waals surface area contributed by atoms with Crippen molar-refractivity contribution >= 4 is 21.5 Å². The number of aromatic hydroxyl groups is 1.